The molecule has 0 aromatic heterocycles. The van der Waals surface area contributed by atoms with Gasteiger partial charge in [0.2, 0.25) is 5.91 Å². The molecule has 1 aromatic rings. The second kappa shape index (κ2) is 6.58. The van der Waals surface area contributed by atoms with E-state index in [1.165, 1.54) is 5.56 Å². The number of piperidine rings is 1. The van der Waals surface area contributed by atoms with Crippen LogP contribution in [0.1, 0.15) is 31.2 Å². The van der Waals surface area contributed by atoms with E-state index < -0.39 is 5.79 Å². The van der Waals surface area contributed by atoms with Gasteiger partial charge in [0.1, 0.15) is 0 Å². The Kier molecular flexibility index (Phi) is 4.56. The summed E-state index contributed by atoms with van der Waals surface area (Å²) in [5.74, 6) is -0.168. The molecule has 4 nitrogen and oxygen atoms in total. The summed E-state index contributed by atoms with van der Waals surface area (Å²) in [4.78, 5) is 14.2. The third-order valence-electron chi connectivity index (χ3n) is 4.37. The van der Waals surface area contributed by atoms with Gasteiger partial charge in [0, 0.05) is 32.4 Å². The van der Waals surface area contributed by atoms with Gasteiger partial charge < -0.3 is 14.4 Å². The highest BCUT2D eigenvalue weighted by atomic mass is 16.7. The van der Waals surface area contributed by atoms with Crippen LogP contribution >= 0.6 is 0 Å². The lowest BCUT2D eigenvalue weighted by Crippen LogP contribution is -2.51. The minimum Gasteiger partial charge on any atom is -0.350 e. The summed E-state index contributed by atoms with van der Waals surface area (Å²) in [5.41, 5.74) is 1.22. The molecular weight excluding hydrogens is 266 g/mol. The number of hydrogen-bond acceptors (Lipinski definition) is 3. The maximum atomic E-state index is 12.3. The Labute approximate surface area is 126 Å². The van der Waals surface area contributed by atoms with Gasteiger partial charge in [-0.3, -0.25) is 4.79 Å². The number of benzene rings is 1. The zero-order valence-electron chi connectivity index (χ0n) is 12.4. The summed E-state index contributed by atoms with van der Waals surface area (Å²) in [5, 5.41) is 0. The lowest BCUT2D eigenvalue weighted by Gasteiger charge is -2.43. The van der Waals surface area contributed by atoms with Crippen molar-refractivity contribution in [2.45, 2.75) is 37.9 Å². The topological polar surface area (TPSA) is 38.8 Å². The van der Waals surface area contributed by atoms with Gasteiger partial charge in [-0.15, -0.1) is 0 Å². The lowest BCUT2D eigenvalue weighted by atomic mass is 10.0. The van der Waals surface area contributed by atoms with Crippen molar-refractivity contribution >= 4 is 5.91 Å². The Hall–Kier alpha value is -1.39. The first-order chi connectivity index (χ1) is 10.3. The molecule has 2 fully saturated rings. The second-order valence-corrected chi connectivity index (χ2v) is 5.83. The minimum atomic E-state index is -0.408. The van der Waals surface area contributed by atoms with Crippen molar-refractivity contribution in [3.05, 3.63) is 35.9 Å². The molecule has 1 amide bonds. The summed E-state index contributed by atoms with van der Waals surface area (Å²) in [6.07, 6.45) is 3.96. The largest absolute Gasteiger partial charge is 0.350 e. The fraction of sp³-hybridized carbons (Fsp3) is 0.588. The Morgan fingerprint density at radius 2 is 1.76 bits per heavy atom. The first kappa shape index (κ1) is 14.5. The van der Waals surface area contributed by atoms with Gasteiger partial charge >= 0.3 is 0 Å². The highest BCUT2D eigenvalue weighted by molar-refractivity contribution is 5.76. The van der Waals surface area contributed by atoms with E-state index in [4.69, 9.17) is 9.47 Å². The molecule has 2 aliphatic heterocycles. The van der Waals surface area contributed by atoms with Gasteiger partial charge in [-0.2, -0.15) is 0 Å². The van der Waals surface area contributed by atoms with Gasteiger partial charge in [-0.05, 0) is 18.4 Å². The number of rotatable bonds is 3. The van der Waals surface area contributed by atoms with Crippen LogP contribution in [-0.2, 0) is 20.7 Å². The molecule has 0 atom stereocenters. The monoisotopic (exact) mass is 289 g/mol. The van der Waals surface area contributed by atoms with E-state index in [-0.39, 0.29) is 5.91 Å². The van der Waals surface area contributed by atoms with Crippen molar-refractivity contribution in [3.8, 4) is 0 Å². The van der Waals surface area contributed by atoms with E-state index in [9.17, 15) is 4.79 Å². The van der Waals surface area contributed by atoms with Crippen LogP contribution in [0.5, 0.6) is 0 Å². The Morgan fingerprint density at radius 3 is 2.43 bits per heavy atom. The predicted molar refractivity (Wildman–Crippen MR) is 79.8 cm³/mol. The summed E-state index contributed by atoms with van der Waals surface area (Å²) < 4.78 is 11.6. The predicted octanol–water partition coefficient (Wildman–Crippen LogP) is 2.37. The molecule has 0 radical (unpaired) electrons. The highest BCUT2D eigenvalue weighted by Crippen LogP contribution is 2.30. The molecule has 0 aliphatic carbocycles. The van der Waals surface area contributed by atoms with Crippen LogP contribution < -0.4 is 0 Å². The van der Waals surface area contributed by atoms with Crippen LogP contribution in [0.3, 0.4) is 0 Å². The standard InChI is InChI=1S/C17H23NO3/c19-16(8-7-15-5-2-1-3-6-15)18-11-9-17(10-12-18)20-13-4-14-21-17/h1-3,5-6H,4,7-14H2. The zero-order chi connectivity index (χ0) is 14.5. The van der Waals surface area contributed by atoms with Gasteiger partial charge in [-0.25, -0.2) is 0 Å². The van der Waals surface area contributed by atoms with Crippen molar-refractivity contribution < 1.29 is 14.3 Å². The van der Waals surface area contributed by atoms with E-state index >= 15 is 0 Å². The smallest absolute Gasteiger partial charge is 0.222 e. The maximum absolute atomic E-state index is 12.3. The van der Waals surface area contributed by atoms with Crippen LogP contribution in [-0.4, -0.2) is 42.9 Å². The van der Waals surface area contributed by atoms with Crippen LogP contribution in [0.2, 0.25) is 0 Å². The van der Waals surface area contributed by atoms with E-state index in [0.717, 1.165) is 52.0 Å². The highest BCUT2D eigenvalue weighted by Gasteiger charge is 2.39. The fourth-order valence-electron chi connectivity index (χ4n) is 3.06. The Bertz CT molecular complexity index is 458. The zero-order valence-corrected chi connectivity index (χ0v) is 12.4. The molecular formula is C17H23NO3. The fourth-order valence-corrected chi connectivity index (χ4v) is 3.06. The average molecular weight is 289 g/mol. The molecule has 2 heterocycles. The van der Waals surface area contributed by atoms with Crippen molar-refractivity contribution in [2.75, 3.05) is 26.3 Å². The van der Waals surface area contributed by atoms with Gasteiger partial charge in [0.25, 0.3) is 0 Å². The first-order valence-corrected chi connectivity index (χ1v) is 7.87. The lowest BCUT2D eigenvalue weighted by molar-refractivity contribution is -0.282. The molecule has 21 heavy (non-hydrogen) atoms. The third kappa shape index (κ3) is 3.63. The van der Waals surface area contributed by atoms with E-state index in [1.807, 2.05) is 23.1 Å². The molecule has 2 aliphatic rings. The molecule has 1 spiro atoms. The molecule has 2 saturated heterocycles. The minimum absolute atomic E-state index is 0.240. The number of hydrogen-bond donors (Lipinski definition) is 0. The third-order valence-corrected chi connectivity index (χ3v) is 4.37. The van der Waals surface area contributed by atoms with E-state index in [2.05, 4.69) is 12.1 Å². The Balaban J connectivity index is 1.46. The molecule has 3 rings (SSSR count). The molecule has 0 saturated carbocycles. The maximum Gasteiger partial charge on any atom is 0.222 e. The van der Waals surface area contributed by atoms with E-state index in [1.54, 1.807) is 0 Å². The summed E-state index contributed by atoms with van der Waals surface area (Å²) in [6, 6.07) is 10.2. The summed E-state index contributed by atoms with van der Waals surface area (Å²) in [7, 11) is 0. The molecule has 0 unspecified atom stereocenters. The van der Waals surface area contributed by atoms with Crippen molar-refractivity contribution in [1.82, 2.24) is 4.90 Å². The Morgan fingerprint density at radius 1 is 1.10 bits per heavy atom. The molecule has 0 N–H and O–H groups in total. The van der Waals surface area contributed by atoms with Crippen LogP contribution in [0.4, 0.5) is 0 Å². The normalized spacial score (nSPS) is 21.4. The molecule has 0 bridgehead atoms. The number of carbonyl (C=O) groups excluding carboxylic acids is 1. The summed E-state index contributed by atoms with van der Waals surface area (Å²) in [6.45, 7) is 3.05. The number of amides is 1. The quantitative estimate of drug-likeness (QED) is 0.857. The summed E-state index contributed by atoms with van der Waals surface area (Å²) >= 11 is 0. The van der Waals surface area contributed by atoms with Crippen LogP contribution in [0.25, 0.3) is 0 Å². The molecule has 114 valence electrons. The number of nitrogens with zero attached hydrogens (tertiary/aromatic N) is 1. The molecule has 1 aromatic carbocycles. The molecule has 4 heteroatoms. The SMILES string of the molecule is O=C(CCc1ccccc1)N1CCC2(CC1)OCCCO2. The number of carbonyl (C=O) groups is 1. The van der Waals surface area contributed by atoms with Crippen LogP contribution in [0, 0.1) is 0 Å². The van der Waals surface area contributed by atoms with Gasteiger partial charge in [-0.1, -0.05) is 30.3 Å². The van der Waals surface area contributed by atoms with Crippen molar-refractivity contribution in [3.63, 3.8) is 0 Å². The number of likely N-dealkylation sites (tertiary alicyclic amines) is 1. The van der Waals surface area contributed by atoms with E-state index in [0.29, 0.717) is 6.42 Å². The average Bonchev–Trinajstić information content (AvgIpc) is 2.55. The number of ether oxygens (including phenoxy) is 2. The van der Waals surface area contributed by atoms with Gasteiger partial charge in [0.05, 0.1) is 13.2 Å². The number of aryl methyl sites for hydroxylation is 1. The second-order valence-electron chi connectivity index (χ2n) is 5.83. The first-order valence-electron chi connectivity index (χ1n) is 7.87. The van der Waals surface area contributed by atoms with Crippen molar-refractivity contribution in [1.29, 1.82) is 0 Å². The van der Waals surface area contributed by atoms with Gasteiger partial charge in [0.15, 0.2) is 5.79 Å². The van der Waals surface area contributed by atoms with Crippen LogP contribution in [0.15, 0.2) is 30.3 Å². The van der Waals surface area contributed by atoms with Crippen molar-refractivity contribution in [2.24, 2.45) is 0 Å².